The number of hydrogen-bond acceptors (Lipinski definition) is 3. The highest BCUT2D eigenvalue weighted by molar-refractivity contribution is 6.13. The lowest BCUT2D eigenvalue weighted by atomic mass is 10.0. The fourth-order valence-corrected chi connectivity index (χ4v) is 1.71. The fraction of sp³-hybridized carbons (Fsp3) is 0. The van der Waals surface area contributed by atoms with Gasteiger partial charge in [-0.1, -0.05) is 42.5 Å². The highest BCUT2D eigenvalue weighted by Gasteiger charge is 2.11. The van der Waals surface area contributed by atoms with Crippen LogP contribution < -0.4 is 0 Å². The molecule has 94 valence electrons. The van der Waals surface area contributed by atoms with E-state index in [1.54, 1.807) is 48.5 Å². The van der Waals surface area contributed by atoms with E-state index in [0.717, 1.165) is 0 Å². The molecule has 0 amide bonds. The number of hydrogen-bond donors (Lipinski definition) is 0. The summed E-state index contributed by atoms with van der Waals surface area (Å²) < 4.78 is 0. The van der Waals surface area contributed by atoms with Gasteiger partial charge in [0, 0.05) is 5.56 Å². The minimum atomic E-state index is -0.308. The van der Waals surface area contributed by atoms with Crippen molar-refractivity contribution in [1.82, 2.24) is 0 Å². The minimum Gasteiger partial charge on any atom is -0.288 e. The van der Waals surface area contributed by atoms with Crippen molar-refractivity contribution in [1.29, 1.82) is 10.5 Å². The molecule has 20 heavy (non-hydrogen) atoms. The summed E-state index contributed by atoms with van der Waals surface area (Å²) >= 11 is 0. The Balaban J connectivity index is 2.33. The van der Waals surface area contributed by atoms with Crippen LogP contribution in [-0.4, -0.2) is 5.78 Å². The summed E-state index contributed by atoms with van der Waals surface area (Å²) in [5, 5.41) is 17.8. The first-order valence-electron chi connectivity index (χ1n) is 5.96. The number of ketones is 1. The number of allylic oxidation sites excluding steroid dienone is 1. The summed E-state index contributed by atoms with van der Waals surface area (Å²) in [5.74, 6) is -0.308. The monoisotopic (exact) mass is 258 g/mol. The first kappa shape index (κ1) is 13.3. The first-order chi connectivity index (χ1) is 9.74. The molecule has 0 heterocycles. The largest absolute Gasteiger partial charge is 0.288 e. The molecule has 0 unspecified atom stereocenters. The lowest BCUT2D eigenvalue weighted by molar-refractivity contribution is 0.104. The maximum atomic E-state index is 12.2. The van der Waals surface area contributed by atoms with Gasteiger partial charge in [0.25, 0.3) is 0 Å². The van der Waals surface area contributed by atoms with E-state index in [-0.39, 0.29) is 11.4 Å². The van der Waals surface area contributed by atoms with Gasteiger partial charge in [0.15, 0.2) is 0 Å². The molecule has 0 aliphatic carbocycles. The number of Topliss-reactive ketones (excluding diaryl/α,β-unsaturated/α-hetero) is 1. The number of nitrogens with zero attached hydrogens (tertiary/aromatic N) is 2. The van der Waals surface area contributed by atoms with E-state index in [1.165, 1.54) is 6.08 Å². The molecule has 0 aliphatic heterocycles. The molecule has 0 atom stereocenters. The molecule has 0 aromatic heterocycles. The van der Waals surface area contributed by atoms with Crippen molar-refractivity contribution in [3.05, 3.63) is 76.9 Å². The molecule has 0 spiro atoms. The van der Waals surface area contributed by atoms with Gasteiger partial charge in [0.2, 0.25) is 5.78 Å². The maximum absolute atomic E-state index is 12.2. The zero-order chi connectivity index (χ0) is 14.4. The van der Waals surface area contributed by atoms with Crippen molar-refractivity contribution in [3.63, 3.8) is 0 Å². The number of nitriles is 2. The molecular formula is C17H10N2O. The molecule has 0 saturated heterocycles. The molecule has 0 N–H and O–H groups in total. The third-order valence-corrected chi connectivity index (χ3v) is 2.75. The van der Waals surface area contributed by atoms with Crippen molar-refractivity contribution in [2.75, 3.05) is 0 Å². The standard InChI is InChI=1S/C17H10N2O/c18-11-14-8-6-13(7-9-14)10-16(12-19)17(20)15-4-2-1-3-5-15/h1-10H. The van der Waals surface area contributed by atoms with Crippen LogP contribution in [0.2, 0.25) is 0 Å². The van der Waals surface area contributed by atoms with Gasteiger partial charge in [0.05, 0.1) is 11.6 Å². The lowest BCUT2D eigenvalue weighted by Gasteiger charge is -1.99. The van der Waals surface area contributed by atoms with E-state index in [1.807, 2.05) is 18.2 Å². The molecule has 0 bridgehead atoms. The van der Waals surface area contributed by atoms with E-state index >= 15 is 0 Å². The SMILES string of the molecule is N#CC(=Cc1ccc(C#N)cc1)C(=O)c1ccccc1. The Morgan fingerprint density at radius 3 is 2.15 bits per heavy atom. The van der Waals surface area contributed by atoms with Crippen LogP contribution in [0.25, 0.3) is 6.08 Å². The van der Waals surface area contributed by atoms with Gasteiger partial charge in [-0.05, 0) is 23.8 Å². The molecule has 0 fully saturated rings. The Kier molecular flexibility index (Phi) is 4.07. The van der Waals surface area contributed by atoms with Crippen LogP contribution in [0.5, 0.6) is 0 Å². The first-order valence-corrected chi connectivity index (χ1v) is 5.96. The van der Waals surface area contributed by atoms with Crippen LogP contribution >= 0.6 is 0 Å². The number of benzene rings is 2. The summed E-state index contributed by atoms with van der Waals surface area (Å²) in [6.07, 6.45) is 1.52. The Morgan fingerprint density at radius 2 is 1.60 bits per heavy atom. The third kappa shape index (κ3) is 2.98. The van der Waals surface area contributed by atoms with Crippen LogP contribution in [0.3, 0.4) is 0 Å². The minimum absolute atomic E-state index is 0.0703. The molecule has 2 aromatic rings. The van der Waals surface area contributed by atoms with E-state index in [4.69, 9.17) is 10.5 Å². The van der Waals surface area contributed by atoms with Gasteiger partial charge in [0.1, 0.15) is 11.6 Å². The summed E-state index contributed by atoms with van der Waals surface area (Å²) in [5.41, 5.74) is 1.80. The third-order valence-electron chi connectivity index (χ3n) is 2.75. The smallest absolute Gasteiger partial charge is 0.203 e. The van der Waals surface area contributed by atoms with E-state index in [2.05, 4.69) is 0 Å². The lowest BCUT2D eigenvalue weighted by Crippen LogP contribution is -2.01. The zero-order valence-corrected chi connectivity index (χ0v) is 10.6. The highest BCUT2D eigenvalue weighted by atomic mass is 16.1. The second-order valence-electron chi connectivity index (χ2n) is 4.10. The summed E-state index contributed by atoms with van der Waals surface area (Å²) in [4.78, 5) is 12.2. The van der Waals surface area contributed by atoms with Gasteiger partial charge in [-0.25, -0.2) is 0 Å². The van der Waals surface area contributed by atoms with E-state index in [0.29, 0.717) is 16.7 Å². The van der Waals surface area contributed by atoms with Crippen molar-refractivity contribution in [3.8, 4) is 12.1 Å². The van der Waals surface area contributed by atoms with Crippen LogP contribution in [0.4, 0.5) is 0 Å². The Labute approximate surface area is 117 Å². The number of carbonyl (C=O) groups is 1. The van der Waals surface area contributed by atoms with Crippen molar-refractivity contribution in [2.45, 2.75) is 0 Å². The second kappa shape index (κ2) is 6.13. The second-order valence-corrected chi connectivity index (χ2v) is 4.10. The van der Waals surface area contributed by atoms with Crippen LogP contribution in [0.15, 0.2) is 60.2 Å². The summed E-state index contributed by atoms with van der Waals surface area (Å²) in [6.45, 7) is 0. The van der Waals surface area contributed by atoms with E-state index < -0.39 is 0 Å². The molecular weight excluding hydrogens is 248 g/mol. The van der Waals surface area contributed by atoms with Crippen molar-refractivity contribution in [2.24, 2.45) is 0 Å². The normalized spacial score (nSPS) is 10.4. The van der Waals surface area contributed by atoms with Crippen LogP contribution in [0.1, 0.15) is 21.5 Å². The van der Waals surface area contributed by atoms with Crippen molar-refractivity contribution >= 4 is 11.9 Å². The quantitative estimate of drug-likeness (QED) is 0.481. The van der Waals surface area contributed by atoms with E-state index in [9.17, 15) is 4.79 Å². The molecule has 3 heteroatoms. The Morgan fingerprint density at radius 1 is 0.950 bits per heavy atom. The van der Waals surface area contributed by atoms with Gasteiger partial charge >= 0.3 is 0 Å². The van der Waals surface area contributed by atoms with Crippen LogP contribution in [-0.2, 0) is 0 Å². The Hall–Kier alpha value is -3.17. The molecule has 2 aromatic carbocycles. The predicted molar refractivity (Wildman–Crippen MR) is 75.5 cm³/mol. The number of rotatable bonds is 3. The topological polar surface area (TPSA) is 64.7 Å². The van der Waals surface area contributed by atoms with Gasteiger partial charge < -0.3 is 0 Å². The fourth-order valence-electron chi connectivity index (χ4n) is 1.71. The highest BCUT2D eigenvalue weighted by Crippen LogP contribution is 2.13. The maximum Gasteiger partial charge on any atom is 0.203 e. The van der Waals surface area contributed by atoms with Gasteiger partial charge in [-0.3, -0.25) is 4.79 Å². The zero-order valence-electron chi connectivity index (χ0n) is 10.6. The van der Waals surface area contributed by atoms with Crippen LogP contribution in [0, 0.1) is 22.7 Å². The van der Waals surface area contributed by atoms with Gasteiger partial charge in [-0.2, -0.15) is 10.5 Å². The van der Waals surface area contributed by atoms with Gasteiger partial charge in [-0.15, -0.1) is 0 Å². The summed E-state index contributed by atoms with van der Waals surface area (Å²) in [6, 6.07) is 19.3. The number of carbonyl (C=O) groups excluding carboxylic acids is 1. The van der Waals surface area contributed by atoms with Crippen molar-refractivity contribution < 1.29 is 4.79 Å². The molecule has 0 radical (unpaired) electrons. The Bertz CT molecular complexity index is 729. The summed E-state index contributed by atoms with van der Waals surface area (Å²) in [7, 11) is 0. The molecule has 3 nitrogen and oxygen atoms in total. The molecule has 0 aliphatic rings. The predicted octanol–water partition coefficient (Wildman–Crippen LogP) is 3.35. The molecule has 2 rings (SSSR count). The average Bonchev–Trinajstić information content (AvgIpc) is 2.53. The average molecular weight is 258 g/mol. The molecule has 0 saturated carbocycles.